The molecule has 0 aliphatic carbocycles. The second-order valence-electron chi connectivity index (χ2n) is 6.13. The van der Waals surface area contributed by atoms with Crippen molar-refractivity contribution in [2.45, 2.75) is 19.9 Å². The fraction of sp³-hybridized carbons (Fsp3) is 0.136. The van der Waals surface area contributed by atoms with E-state index in [-0.39, 0.29) is 0 Å². The molecule has 1 N–H and O–H groups in total. The van der Waals surface area contributed by atoms with Gasteiger partial charge >= 0.3 is 0 Å². The highest BCUT2D eigenvalue weighted by Gasteiger charge is 2.12. The van der Waals surface area contributed by atoms with E-state index in [1.165, 1.54) is 11.4 Å². The Labute approximate surface area is 149 Å². The Hall–Kier alpha value is -3.07. The van der Waals surface area contributed by atoms with Crippen LogP contribution in [0.5, 0.6) is 0 Å². The summed E-state index contributed by atoms with van der Waals surface area (Å²) in [5, 5.41) is 4.29. The summed E-state index contributed by atoms with van der Waals surface area (Å²) in [5.41, 5.74) is 7.44. The van der Waals surface area contributed by atoms with Crippen molar-refractivity contribution in [2.75, 3.05) is 10.3 Å². The maximum Gasteiger partial charge on any atom is 0.0561 e. The molecule has 25 heavy (non-hydrogen) atoms. The highest BCUT2D eigenvalue weighted by Crippen LogP contribution is 2.27. The van der Waals surface area contributed by atoms with Crippen molar-refractivity contribution in [1.82, 2.24) is 0 Å². The summed E-state index contributed by atoms with van der Waals surface area (Å²) in [6.45, 7) is 4.40. The molecule has 0 saturated carbocycles. The fourth-order valence-electron chi connectivity index (χ4n) is 2.75. The van der Waals surface area contributed by atoms with Gasteiger partial charge in [-0.3, -0.25) is 5.43 Å². The molecule has 3 rings (SSSR count). The van der Waals surface area contributed by atoms with Gasteiger partial charge in [0.1, 0.15) is 0 Å². The first kappa shape index (κ1) is 16.8. The molecule has 3 heteroatoms. The third kappa shape index (κ3) is 4.48. The Morgan fingerprint density at radius 3 is 1.92 bits per heavy atom. The van der Waals surface area contributed by atoms with E-state index in [2.05, 4.69) is 77.8 Å². The molecule has 0 unspecified atom stereocenters. The Kier molecular flexibility index (Phi) is 5.47. The molecule has 0 aliphatic rings. The lowest BCUT2D eigenvalue weighted by molar-refractivity contribution is 0.789. The minimum Gasteiger partial charge on any atom is -0.339 e. The van der Waals surface area contributed by atoms with E-state index >= 15 is 0 Å². The van der Waals surface area contributed by atoms with E-state index in [9.17, 15) is 0 Å². The average molecular weight is 329 g/mol. The Morgan fingerprint density at radius 2 is 1.32 bits per heavy atom. The molecule has 126 valence electrons. The van der Waals surface area contributed by atoms with Gasteiger partial charge in [0.25, 0.3) is 0 Å². The van der Waals surface area contributed by atoms with Gasteiger partial charge in [-0.05, 0) is 55.8 Å². The molecule has 0 saturated heterocycles. The van der Waals surface area contributed by atoms with Crippen LogP contribution in [0.3, 0.4) is 0 Å². The van der Waals surface area contributed by atoms with Gasteiger partial charge in [0.2, 0.25) is 0 Å². The van der Waals surface area contributed by atoms with E-state index in [0.717, 1.165) is 11.3 Å². The van der Waals surface area contributed by atoms with Crippen molar-refractivity contribution in [2.24, 2.45) is 5.10 Å². The van der Waals surface area contributed by atoms with E-state index in [1.54, 1.807) is 0 Å². The van der Waals surface area contributed by atoms with Crippen LogP contribution in [0.1, 0.15) is 19.4 Å². The van der Waals surface area contributed by atoms with Crippen LogP contribution in [0.2, 0.25) is 0 Å². The lowest BCUT2D eigenvalue weighted by Crippen LogP contribution is -2.25. The van der Waals surface area contributed by atoms with Crippen LogP contribution in [-0.2, 0) is 0 Å². The predicted molar refractivity (Wildman–Crippen MR) is 108 cm³/mol. The molecular weight excluding hydrogens is 306 g/mol. The first-order chi connectivity index (χ1) is 12.2. The molecule has 3 aromatic rings. The van der Waals surface area contributed by atoms with Crippen molar-refractivity contribution in [3.63, 3.8) is 0 Å². The van der Waals surface area contributed by atoms with Crippen LogP contribution >= 0.6 is 0 Å². The minimum absolute atomic E-state index is 0.377. The highest BCUT2D eigenvalue weighted by molar-refractivity contribution is 5.81. The zero-order valence-electron chi connectivity index (χ0n) is 14.6. The second kappa shape index (κ2) is 8.15. The van der Waals surface area contributed by atoms with E-state index in [1.807, 2.05) is 42.6 Å². The standard InChI is InChI=1S/C22H23N3/c1-18(2)25(21-11-7-4-8-12-21)22-15-13-19(14-16-22)17-23-24-20-9-5-3-6-10-20/h3-18,24H,1-2H3. The molecule has 0 heterocycles. The van der Waals surface area contributed by atoms with Crippen molar-refractivity contribution >= 4 is 23.3 Å². The molecular formula is C22H23N3. The summed E-state index contributed by atoms with van der Waals surface area (Å²) >= 11 is 0. The van der Waals surface area contributed by atoms with Gasteiger partial charge in [-0.15, -0.1) is 0 Å². The predicted octanol–water partition coefficient (Wildman–Crippen LogP) is 5.68. The zero-order chi connectivity index (χ0) is 17.5. The number of rotatable bonds is 6. The third-order valence-electron chi connectivity index (χ3n) is 3.90. The lowest BCUT2D eigenvalue weighted by Gasteiger charge is -2.29. The van der Waals surface area contributed by atoms with Gasteiger partial charge in [0, 0.05) is 17.4 Å². The summed E-state index contributed by atoms with van der Waals surface area (Å²) in [7, 11) is 0. The van der Waals surface area contributed by atoms with Gasteiger partial charge in [-0.2, -0.15) is 5.10 Å². The molecule has 0 atom stereocenters. The van der Waals surface area contributed by atoms with Gasteiger partial charge in [0.05, 0.1) is 11.9 Å². The van der Waals surface area contributed by atoms with Crippen molar-refractivity contribution in [3.8, 4) is 0 Å². The summed E-state index contributed by atoms with van der Waals surface area (Å²) in [6, 6.07) is 29.2. The largest absolute Gasteiger partial charge is 0.339 e. The zero-order valence-corrected chi connectivity index (χ0v) is 14.6. The maximum absolute atomic E-state index is 4.29. The molecule has 3 nitrogen and oxygen atoms in total. The average Bonchev–Trinajstić information content (AvgIpc) is 2.65. The molecule has 0 spiro atoms. The number of benzene rings is 3. The van der Waals surface area contributed by atoms with Crippen LogP contribution in [0.4, 0.5) is 17.1 Å². The van der Waals surface area contributed by atoms with Gasteiger partial charge in [-0.1, -0.05) is 48.5 Å². The molecule has 0 amide bonds. The van der Waals surface area contributed by atoms with Crippen molar-refractivity contribution < 1.29 is 0 Å². The van der Waals surface area contributed by atoms with E-state index in [4.69, 9.17) is 0 Å². The number of para-hydroxylation sites is 2. The van der Waals surface area contributed by atoms with Gasteiger partial charge < -0.3 is 4.90 Å². The van der Waals surface area contributed by atoms with Crippen LogP contribution in [-0.4, -0.2) is 12.3 Å². The lowest BCUT2D eigenvalue weighted by atomic mass is 10.1. The summed E-state index contributed by atoms with van der Waals surface area (Å²) in [6.07, 6.45) is 1.83. The molecule has 3 aromatic carbocycles. The van der Waals surface area contributed by atoms with E-state index < -0.39 is 0 Å². The van der Waals surface area contributed by atoms with Crippen LogP contribution in [0, 0.1) is 0 Å². The van der Waals surface area contributed by atoms with Crippen LogP contribution < -0.4 is 10.3 Å². The Bertz CT molecular complexity index is 794. The number of hydrazone groups is 1. The van der Waals surface area contributed by atoms with Gasteiger partial charge in [-0.25, -0.2) is 0 Å². The topological polar surface area (TPSA) is 27.6 Å². The number of hydrogen-bond acceptors (Lipinski definition) is 3. The van der Waals surface area contributed by atoms with E-state index in [0.29, 0.717) is 6.04 Å². The molecule has 0 radical (unpaired) electrons. The monoisotopic (exact) mass is 329 g/mol. The van der Waals surface area contributed by atoms with Crippen LogP contribution in [0.25, 0.3) is 0 Å². The highest BCUT2D eigenvalue weighted by atomic mass is 15.3. The number of nitrogens with one attached hydrogen (secondary N) is 1. The number of anilines is 3. The second-order valence-corrected chi connectivity index (χ2v) is 6.13. The van der Waals surface area contributed by atoms with Gasteiger partial charge in [0.15, 0.2) is 0 Å². The number of nitrogens with zero attached hydrogens (tertiary/aromatic N) is 2. The molecule has 0 aliphatic heterocycles. The first-order valence-corrected chi connectivity index (χ1v) is 8.52. The summed E-state index contributed by atoms with van der Waals surface area (Å²) in [4.78, 5) is 2.32. The minimum atomic E-state index is 0.377. The fourth-order valence-corrected chi connectivity index (χ4v) is 2.75. The first-order valence-electron chi connectivity index (χ1n) is 8.52. The molecule has 0 aromatic heterocycles. The summed E-state index contributed by atoms with van der Waals surface area (Å²) in [5.74, 6) is 0. The Balaban J connectivity index is 1.72. The molecule has 0 bridgehead atoms. The van der Waals surface area contributed by atoms with Crippen molar-refractivity contribution in [3.05, 3.63) is 90.5 Å². The normalized spacial score (nSPS) is 11.0. The Morgan fingerprint density at radius 1 is 0.760 bits per heavy atom. The quantitative estimate of drug-likeness (QED) is 0.465. The molecule has 0 fully saturated rings. The SMILES string of the molecule is CC(C)N(c1ccccc1)c1ccc(C=NNc2ccccc2)cc1. The summed E-state index contributed by atoms with van der Waals surface area (Å²) < 4.78 is 0. The van der Waals surface area contributed by atoms with Crippen molar-refractivity contribution in [1.29, 1.82) is 0 Å². The maximum atomic E-state index is 4.29. The number of hydrogen-bond donors (Lipinski definition) is 1. The van der Waals surface area contributed by atoms with Crippen LogP contribution in [0.15, 0.2) is 90.0 Å². The smallest absolute Gasteiger partial charge is 0.0561 e. The third-order valence-corrected chi connectivity index (χ3v) is 3.90.